The van der Waals surface area contributed by atoms with Gasteiger partial charge in [-0.05, 0) is 54.1 Å². The molecule has 0 amide bonds. The van der Waals surface area contributed by atoms with Gasteiger partial charge in [0.2, 0.25) is 10.0 Å². The molecule has 6 nitrogen and oxygen atoms in total. The maximum Gasteiger partial charge on any atom is 0.238 e. The van der Waals surface area contributed by atoms with E-state index in [2.05, 4.69) is 5.32 Å². The van der Waals surface area contributed by atoms with Crippen LogP contribution >= 0.6 is 0 Å². The van der Waals surface area contributed by atoms with Crippen molar-refractivity contribution >= 4 is 26.5 Å². The molecule has 8 heteroatoms. The number of ether oxygens (including phenoxy) is 2. The second kappa shape index (κ2) is 7.65. The molecule has 3 N–H and O–H groups in total. The van der Waals surface area contributed by atoms with E-state index >= 15 is 0 Å². The summed E-state index contributed by atoms with van der Waals surface area (Å²) < 4.78 is 47.7. The third-order valence-electron chi connectivity index (χ3n) is 4.49. The molecule has 0 heterocycles. The van der Waals surface area contributed by atoms with Crippen LogP contribution in [0.1, 0.15) is 18.5 Å². The Morgan fingerprint density at radius 2 is 1.61 bits per heavy atom. The summed E-state index contributed by atoms with van der Waals surface area (Å²) in [6.45, 7) is 1.79. The lowest BCUT2D eigenvalue weighted by Gasteiger charge is -2.18. The van der Waals surface area contributed by atoms with E-state index in [0.717, 1.165) is 22.5 Å². The molecular weight excluding hydrogens is 383 g/mol. The first kappa shape index (κ1) is 19.9. The van der Waals surface area contributed by atoms with E-state index in [1.54, 1.807) is 21.1 Å². The molecule has 28 heavy (non-hydrogen) atoms. The Bertz CT molecular complexity index is 1130. The van der Waals surface area contributed by atoms with Gasteiger partial charge >= 0.3 is 0 Å². The minimum Gasteiger partial charge on any atom is -0.493 e. The minimum atomic E-state index is -3.95. The van der Waals surface area contributed by atoms with Crippen LogP contribution in [0.25, 0.3) is 10.8 Å². The maximum absolute atomic E-state index is 14.4. The van der Waals surface area contributed by atoms with Crippen LogP contribution in [0.2, 0.25) is 0 Å². The van der Waals surface area contributed by atoms with E-state index in [1.165, 1.54) is 12.1 Å². The third-order valence-corrected chi connectivity index (χ3v) is 5.40. The van der Waals surface area contributed by atoms with E-state index in [9.17, 15) is 12.8 Å². The number of fused-ring (bicyclic) bond motifs is 1. The van der Waals surface area contributed by atoms with Crippen molar-refractivity contribution in [2.75, 3.05) is 19.5 Å². The monoisotopic (exact) mass is 404 g/mol. The van der Waals surface area contributed by atoms with E-state index in [1.807, 2.05) is 30.3 Å². The van der Waals surface area contributed by atoms with Gasteiger partial charge in [-0.3, -0.25) is 0 Å². The molecule has 3 rings (SSSR count). The van der Waals surface area contributed by atoms with Crippen LogP contribution in [-0.4, -0.2) is 22.6 Å². The lowest BCUT2D eigenvalue weighted by Crippen LogP contribution is -2.14. The van der Waals surface area contributed by atoms with Gasteiger partial charge in [0.1, 0.15) is 5.82 Å². The topological polar surface area (TPSA) is 90.6 Å². The summed E-state index contributed by atoms with van der Waals surface area (Å²) in [6.07, 6.45) is 0. The molecule has 0 aliphatic carbocycles. The molecule has 0 saturated carbocycles. The lowest BCUT2D eigenvalue weighted by atomic mass is 10.1. The van der Waals surface area contributed by atoms with Gasteiger partial charge in [0.15, 0.2) is 11.5 Å². The number of nitrogens with one attached hydrogen (secondary N) is 1. The number of hydrogen-bond acceptors (Lipinski definition) is 5. The highest BCUT2D eigenvalue weighted by Crippen LogP contribution is 2.34. The number of rotatable bonds is 6. The minimum absolute atomic E-state index is 0.257. The number of primary sulfonamides is 1. The summed E-state index contributed by atoms with van der Waals surface area (Å²) in [6, 6.07) is 12.7. The average molecular weight is 404 g/mol. The van der Waals surface area contributed by atoms with Gasteiger partial charge in [-0.25, -0.2) is 17.9 Å². The first-order valence-corrected chi connectivity index (χ1v) is 10.0. The molecule has 0 aliphatic rings. The summed E-state index contributed by atoms with van der Waals surface area (Å²) in [5, 5.41) is 10.2. The van der Waals surface area contributed by atoms with Crippen molar-refractivity contribution in [3.05, 3.63) is 59.9 Å². The number of benzene rings is 3. The Labute approximate surface area is 163 Å². The van der Waals surface area contributed by atoms with Gasteiger partial charge < -0.3 is 14.8 Å². The van der Waals surface area contributed by atoms with E-state index < -0.39 is 21.9 Å². The standard InChI is InChI=1S/C20H21FN2O4S/c1-12(17-7-6-16(11-18(17)21)28(22,24)25)23-15-5-4-13-9-19(26-2)20(27-3)10-14(13)8-15/h4-12,23H,1-3H3,(H2,22,24,25). The molecule has 0 aliphatic heterocycles. The highest BCUT2D eigenvalue weighted by atomic mass is 32.2. The smallest absolute Gasteiger partial charge is 0.238 e. The Hall–Kier alpha value is -2.84. The van der Waals surface area contributed by atoms with Crippen molar-refractivity contribution in [2.45, 2.75) is 17.9 Å². The summed E-state index contributed by atoms with van der Waals surface area (Å²) in [4.78, 5) is -0.257. The zero-order chi connectivity index (χ0) is 20.5. The second-order valence-corrected chi connectivity index (χ2v) is 7.92. The third kappa shape index (κ3) is 4.02. The summed E-state index contributed by atoms with van der Waals surface area (Å²) >= 11 is 0. The Balaban J connectivity index is 1.89. The number of sulfonamides is 1. The number of methoxy groups -OCH3 is 2. The van der Waals surface area contributed by atoms with Gasteiger partial charge in [0, 0.05) is 11.3 Å². The molecule has 0 aromatic heterocycles. The fourth-order valence-corrected chi connectivity index (χ4v) is 3.55. The van der Waals surface area contributed by atoms with Crippen molar-refractivity contribution in [2.24, 2.45) is 5.14 Å². The largest absolute Gasteiger partial charge is 0.493 e. The van der Waals surface area contributed by atoms with Crippen molar-refractivity contribution in [3.8, 4) is 11.5 Å². The number of hydrogen-bond donors (Lipinski definition) is 2. The molecule has 3 aromatic carbocycles. The Morgan fingerprint density at radius 1 is 0.964 bits per heavy atom. The zero-order valence-corrected chi connectivity index (χ0v) is 16.5. The van der Waals surface area contributed by atoms with Crippen molar-refractivity contribution < 1.29 is 22.3 Å². The summed E-state index contributed by atoms with van der Waals surface area (Å²) in [5.41, 5.74) is 1.11. The molecule has 3 aromatic rings. The van der Waals surface area contributed by atoms with Crippen LogP contribution in [0, 0.1) is 5.82 Å². The van der Waals surface area contributed by atoms with E-state index in [-0.39, 0.29) is 4.90 Å². The Morgan fingerprint density at radius 3 is 2.18 bits per heavy atom. The van der Waals surface area contributed by atoms with Crippen LogP contribution in [0.15, 0.2) is 53.4 Å². The maximum atomic E-state index is 14.4. The van der Waals surface area contributed by atoms with Gasteiger partial charge in [-0.2, -0.15) is 0 Å². The van der Waals surface area contributed by atoms with Gasteiger partial charge in [-0.1, -0.05) is 12.1 Å². The van der Waals surface area contributed by atoms with Crippen LogP contribution < -0.4 is 19.9 Å². The molecule has 0 saturated heterocycles. The van der Waals surface area contributed by atoms with E-state index in [4.69, 9.17) is 14.6 Å². The highest BCUT2D eigenvalue weighted by molar-refractivity contribution is 7.89. The quantitative estimate of drug-likeness (QED) is 0.652. The normalized spacial score (nSPS) is 12.6. The van der Waals surface area contributed by atoms with Crippen molar-refractivity contribution in [3.63, 3.8) is 0 Å². The number of anilines is 1. The molecule has 0 fully saturated rings. The summed E-state index contributed by atoms with van der Waals surface area (Å²) in [7, 11) is -0.794. The number of halogens is 1. The van der Waals surface area contributed by atoms with Crippen LogP contribution in [0.5, 0.6) is 11.5 Å². The zero-order valence-electron chi connectivity index (χ0n) is 15.7. The van der Waals surface area contributed by atoms with Gasteiger partial charge in [-0.15, -0.1) is 0 Å². The fraction of sp³-hybridized carbons (Fsp3) is 0.200. The summed E-state index contributed by atoms with van der Waals surface area (Å²) in [5.74, 6) is 0.615. The molecule has 1 unspecified atom stereocenters. The Kier molecular flexibility index (Phi) is 5.44. The first-order chi connectivity index (χ1) is 13.2. The molecule has 0 radical (unpaired) electrons. The predicted molar refractivity (Wildman–Crippen MR) is 107 cm³/mol. The van der Waals surface area contributed by atoms with Crippen molar-refractivity contribution in [1.82, 2.24) is 0 Å². The molecule has 1 atom stereocenters. The van der Waals surface area contributed by atoms with Gasteiger partial charge in [0.25, 0.3) is 0 Å². The highest BCUT2D eigenvalue weighted by Gasteiger charge is 2.16. The SMILES string of the molecule is COc1cc2ccc(NC(C)c3ccc(S(N)(=O)=O)cc3F)cc2cc1OC. The van der Waals surface area contributed by atoms with Crippen molar-refractivity contribution in [1.29, 1.82) is 0 Å². The fourth-order valence-electron chi connectivity index (χ4n) is 3.03. The van der Waals surface area contributed by atoms with Crippen LogP contribution in [0.4, 0.5) is 10.1 Å². The van der Waals surface area contributed by atoms with Crippen LogP contribution in [-0.2, 0) is 10.0 Å². The second-order valence-electron chi connectivity index (χ2n) is 6.36. The molecule has 148 valence electrons. The molecular formula is C20H21FN2O4S. The predicted octanol–water partition coefficient (Wildman–Crippen LogP) is 3.82. The van der Waals surface area contributed by atoms with Gasteiger partial charge in [0.05, 0.1) is 25.2 Å². The number of nitrogens with two attached hydrogens (primary N) is 1. The lowest BCUT2D eigenvalue weighted by molar-refractivity contribution is 0.356. The van der Waals surface area contributed by atoms with Crippen LogP contribution in [0.3, 0.4) is 0 Å². The first-order valence-electron chi connectivity index (χ1n) is 8.47. The average Bonchev–Trinajstić information content (AvgIpc) is 2.65. The molecule has 0 spiro atoms. The van der Waals surface area contributed by atoms with E-state index in [0.29, 0.717) is 17.1 Å². The molecule has 0 bridgehead atoms.